The van der Waals surface area contributed by atoms with E-state index in [4.69, 9.17) is 0 Å². The minimum atomic E-state index is -0.299. The molecule has 22 heavy (non-hydrogen) atoms. The van der Waals surface area contributed by atoms with E-state index in [9.17, 15) is 9.18 Å². The van der Waals surface area contributed by atoms with Crippen molar-refractivity contribution < 1.29 is 9.18 Å². The van der Waals surface area contributed by atoms with E-state index in [1.54, 1.807) is 35.3 Å². The van der Waals surface area contributed by atoms with Crippen LogP contribution < -0.4 is 5.32 Å². The van der Waals surface area contributed by atoms with E-state index in [1.165, 1.54) is 18.2 Å². The van der Waals surface area contributed by atoms with Crippen LogP contribution in [-0.4, -0.2) is 41.2 Å². The summed E-state index contributed by atoms with van der Waals surface area (Å²) in [4.78, 5) is 13.9. The highest BCUT2D eigenvalue weighted by Gasteiger charge is 2.02. The molecule has 0 saturated carbocycles. The van der Waals surface area contributed by atoms with Crippen molar-refractivity contribution in [1.82, 2.24) is 14.7 Å². The number of hydrogen-bond donors (Lipinski definition) is 1. The van der Waals surface area contributed by atoms with Crippen LogP contribution in [-0.2, 0) is 11.3 Å². The summed E-state index contributed by atoms with van der Waals surface area (Å²) in [5.74, 6) is -0.553. The maximum absolute atomic E-state index is 12.8. The van der Waals surface area contributed by atoms with Gasteiger partial charge in [-0.25, -0.2) is 4.39 Å². The van der Waals surface area contributed by atoms with Crippen molar-refractivity contribution in [3.63, 3.8) is 0 Å². The van der Waals surface area contributed by atoms with E-state index in [-0.39, 0.29) is 11.7 Å². The smallest absolute Gasteiger partial charge is 0.248 e. The Kier molecular flexibility index (Phi) is 5.43. The highest BCUT2D eigenvalue weighted by Crippen LogP contribution is 2.07. The molecule has 1 N–H and O–H groups in total. The van der Waals surface area contributed by atoms with Gasteiger partial charge >= 0.3 is 0 Å². The first kappa shape index (κ1) is 15.9. The molecule has 0 radical (unpaired) electrons. The molecule has 0 atom stereocenters. The van der Waals surface area contributed by atoms with Crippen LogP contribution in [0.2, 0.25) is 0 Å². The van der Waals surface area contributed by atoms with E-state index in [0.717, 1.165) is 18.7 Å². The number of hydrogen-bond acceptors (Lipinski definition) is 3. The van der Waals surface area contributed by atoms with Crippen molar-refractivity contribution in [3.8, 4) is 0 Å². The number of amides is 1. The second-order valence-electron chi connectivity index (χ2n) is 5.17. The summed E-state index contributed by atoms with van der Waals surface area (Å²) in [5, 5.41) is 6.91. The Morgan fingerprint density at radius 2 is 2.09 bits per heavy atom. The van der Waals surface area contributed by atoms with E-state index >= 15 is 0 Å². The van der Waals surface area contributed by atoms with Crippen LogP contribution in [0.25, 0.3) is 6.08 Å². The highest BCUT2D eigenvalue weighted by atomic mass is 19.1. The van der Waals surface area contributed by atoms with Crippen LogP contribution >= 0.6 is 0 Å². The average molecular weight is 302 g/mol. The lowest BCUT2D eigenvalue weighted by atomic mass is 10.2. The second kappa shape index (κ2) is 7.51. The molecule has 1 aromatic heterocycles. The van der Waals surface area contributed by atoms with Gasteiger partial charge < -0.3 is 10.2 Å². The molecule has 0 fully saturated rings. The lowest BCUT2D eigenvalue weighted by Crippen LogP contribution is -2.18. The van der Waals surface area contributed by atoms with Gasteiger partial charge in [0.15, 0.2) is 0 Å². The third-order valence-electron chi connectivity index (χ3n) is 2.97. The van der Waals surface area contributed by atoms with E-state index in [1.807, 2.05) is 14.1 Å². The quantitative estimate of drug-likeness (QED) is 0.833. The number of carbonyl (C=O) groups is 1. The predicted octanol–water partition coefficient (Wildman–Crippen LogP) is 2.24. The molecule has 2 rings (SSSR count). The molecule has 1 heterocycles. The second-order valence-corrected chi connectivity index (χ2v) is 5.17. The molecule has 0 spiro atoms. The van der Waals surface area contributed by atoms with Crippen molar-refractivity contribution >= 4 is 17.7 Å². The summed E-state index contributed by atoms with van der Waals surface area (Å²) in [6, 6.07) is 5.93. The largest absolute Gasteiger partial charge is 0.320 e. The van der Waals surface area contributed by atoms with Gasteiger partial charge in [0.1, 0.15) is 5.82 Å². The highest BCUT2D eigenvalue weighted by molar-refractivity contribution is 6.01. The van der Waals surface area contributed by atoms with Crippen molar-refractivity contribution in [1.29, 1.82) is 0 Å². The fourth-order valence-electron chi connectivity index (χ4n) is 1.78. The zero-order valence-electron chi connectivity index (χ0n) is 12.7. The summed E-state index contributed by atoms with van der Waals surface area (Å²) in [5.41, 5.74) is 1.41. The molecule has 116 valence electrons. The Bertz CT molecular complexity index is 646. The van der Waals surface area contributed by atoms with Crippen molar-refractivity contribution in [2.75, 3.05) is 26.0 Å². The normalized spacial score (nSPS) is 11.3. The Labute approximate surface area is 129 Å². The SMILES string of the molecule is CN(C)CCn1cc(NC(=O)C=Cc2ccc(F)cc2)cn1. The molecule has 5 nitrogen and oxygen atoms in total. The molecule has 1 aromatic carbocycles. The fraction of sp³-hybridized carbons (Fsp3) is 0.250. The van der Waals surface area contributed by atoms with Gasteiger partial charge in [0.25, 0.3) is 0 Å². The van der Waals surface area contributed by atoms with Crippen LogP contribution in [0.5, 0.6) is 0 Å². The van der Waals surface area contributed by atoms with Crippen LogP contribution in [0.3, 0.4) is 0 Å². The Morgan fingerprint density at radius 3 is 2.77 bits per heavy atom. The standard InChI is InChI=1S/C16H19FN4O/c1-20(2)9-10-21-12-15(11-18-21)19-16(22)8-5-13-3-6-14(17)7-4-13/h3-8,11-12H,9-10H2,1-2H3,(H,19,22). The van der Waals surface area contributed by atoms with E-state index < -0.39 is 0 Å². The van der Waals surface area contributed by atoms with Crippen LogP contribution in [0.4, 0.5) is 10.1 Å². The summed E-state index contributed by atoms with van der Waals surface area (Å²) < 4.78 is 14.5. The van der Waals surface area contributed by atoms with Crippen LogP contribution in [0, 0.1) is 5.82 Å². The van der Waals surface area contributed by atoms with Crippen LogP contribution in [0.1, 0.15) is 5.56 Å². The minimum absolute atomic E-state index is 0.253. The van der Waals surface area contributed by atoms with Crippen molar-refractivity contribution in [2.24, 2.45) is 0 Å². The van der Waals surface area contributed by atoms with Gasteiger partial charge in [-0.1, -0.05) is 12.1 Å². The number of aromatic nitrogens is 2. The van der Waals surface area contributed by atoms with Crippen molar-refractivity contribution in [2.45, 2.75) is 6.54 Å². The lowest BCUT2D eigenvalue weighted by Gasteiger charge is -2.08. The number of anilines is 1. The Hall–Kier alpha value is -2.47. The molecule has 0 aliphatic carbocycles. The fourth-order valence-corrected chi connectivity index (χ4v) is 1.78. The minimum Gasteiger partial charge on any atom is -0.320 e. The lowest BCUT2D eigenvalue weighted by molar-refractivity contribution is -0.111. The van der Waals surface area contributed by atoms with E-state index in [2.05, 4.69) is 15.3 Å². The van der Waals surface area contributed by atoms with Gasteiger partial charge in [-0.15, -0.1) is 0 Å². The molecule has 0 aliphatic heterocycles. The first-order valence-corrected chi connectivity index (χ1v) is 6.95. The molecule has 6 heteroatoms. The Morgan fingerprint density at radius 1 is 1.36 bits per heavy atom. The van der Waals surface area contributed by atoms with Gasteiger partial charge in [-0.05, 0) is 37.9 Å². The third kappa shape index (κ3) is 5.14. The first-order chi connectivity index (χ1) is 10.5. The molecule has 2 aromatic rings. The summed E-state index contributed by atoms with van der Waals surface area (Å²) >= 11 is 0. The monoisotopic (exact) mass is 302 g/mol. The number of nitrogens with zero attached hydrogens (tertiary/aromatic N) is 3. The molecular formula is C16H19FN4O. The maximum Gasteiger partial charge on any atom is 0.248 e. The first-order valence-electron chi connectivity index (χ1n) is 6.95. The summed E-state index contributed by atoms with van der Waals surface area (Å²) in [6.07, 6.45) is 6.43. The number of carbonyl (C=O) groups excluding carboxylic acids is 1. The molecule has 0 aliphatic rings. The average Bonchev–Trinajstić information content (AvgIpc) is 2.92. The van der Waals surface area contributed by atoms with Gasteiger partial charge in [-0.2, -0.15) is 5.10 Å². The molecule has 0 saturated heterocycles. The number of benzene rings is 1. The summed E-state index contributed by atoms with van der Waals surface area (Å²) in [7, 11) is 3.98. The van der Waals surface area contributed by atoms with Crippen molar-refractivity contribution in [3.05, 3.63) is 54.1 Å². The molecule has 0 bridgehead atoms. The number of halogens is 1. The van der Waals surface area contributed by atoms with Gasteiger partial charge in [-0.3, -0.25) is 9.48 Å². The summed E-state index contributed by atoms with van der Waals surface area (Å²) in [6.45, 7) is 1.63. The number of rotatable bonds is 6. The molecular weight excluding hydrogens is 283 g/mol. The maximum atomic E-state index is 12.8. The predicted molar refractivity (Wildman–Crippen MR) is 84.8 cm³/mol. The number of likely N-dealkylation sites (N-methyl/N-ethyl adjacent to an activating group) is 1. The topological polar surface area (TPSA) is 50.2 Å². The molecule has 0 unspecified atom stereocenters. The number of nitrogens with one attached hydrogen (secondary N) is 1. The molecule has 1 amide bonds. The van der Waals surface area contributed by atoms with Crippen LogP contribution in [0.15, 0.2) is 42.7 Å². The van der Waals surface area contributed by atoms with Gasteiger partial charge in [0, 0.05) is 18.8 Å². The van der Waals surface area contributed by atoms with Gasteiger partial charge in [0.2, 0.25) is 5.91 Å². The zero-order valence-corrected chi connectivity index (χ0v) is 12.7. The van der Waals surface area contributed by atoms with E-state index in [0.29, 0.717) is 5.69 Å². The zero-order chi connectivity index (χ0) is 15.9. The third-order valence-corrected chi connectivity index (χ3v) is 2.97. The van der Waals surface area contributed by atoms with Gasteiger partial charge in [0.05, 0.1) is 18.4 Å². The Balaban J connectivity index is 1.87.